The fourth-order valence-electron chi connectivity index (χ4n) is 2.41. The molecule has 0 atom stereocenters. The van der Waals surface area contributed by atoms with E-state index in [2.05, 4.69) is 10.3 Å². The number of nitrogens with zero attached hydrogens (tertiary/aromatic N) is 2. The number of carbonyl (C=O) groups excluding carboxylic acids is 1. The minimum Gasteiger partial charge on any atom is -0.502 e. The molecule has 0 aliphatic heterocycles. The van der Waals surface area contributed by atoms with Crippen LogP contribution in [0.2, 0.25) is 5.02 Å². The second-order valence-corrected chi connectivity index (χ2v) is 6.18. The monoisotopic (exact) mass is 395 g/mol. The molecule has 0 aliphatic rings. The normalized spacial score (nSPS) is 10.8. The van der Waals surface area contributed by atoms with Crippen LogP contribution in [0.3, 0.4) is 0 Å². The van der Waals surface area contributed by atoms with Gasteiger partial charge in [-0.25, -0.2) is 0 Å². The van der Waals surface area contributed by atoms with E-state index in [1.54, 1.807) is 48.5 Å². The quantitative estimate of drug-likeness (QED) is 0.362. The van der Waals surface area contributed by atoms with Crippen LogP contribution >= 0.6 is 11.6 Å². The van der Waals surface area contributed by atoms with Crippen LogP contribution in [-0.4, -0.2) is 22.2 Å². The SMILES string of the molecule is O=C(Nc1ccc(N=Cc2cccc([N+](=O)[O-])c2O)cc1)c1cccc(Cl)c1. The van der Waals surface area contributed by atoms with Gasteiger partial charge >= 0.3 is 5.69 Å². The number of phenolic OH excluding ortho intramolecular Hbond substituents is 1. The first-order chi connectivity index (χ1) is 13.4. The summed E-state index contributed by atoms with van der Waals surface area (Å²) in [7, 11) is 0. The Hall–Kier alpha value is -3.71. The molecule has 0 radical (unpaired) electrons. The number of rotatable bonds is 5. The summed E-state index contributed by atoms with van der Waals surface area (Å²) in [6.07, 6.45) is 1.34. The molecule has 7 nitrogen and oxygen atoms in total. The predicted molar refractivity (Wildman–Crippen MR) is 108 cm³/mol. The largest absolute Gasteiger partial charge is 0.502 e. The first-order valence-corrected chi connectivity index (χ1v) is 8.49. The lowest BCUT2D eigenvalue weighted by atomic mass is 10.2. The maximum absolute atomic E-state index is 12.2. The molecule has 28 heavy (non-hydrogen) atoms. The molecular weight excluding hydrogens is 382 g/mol. The Morgan fingerprint density at radius 1 is 1.11 bits per heavy atom. The number of halogens is 1. The fourth-order valence-corrected chi connectivity index (χ4v) is 2.60. The predicted octanol–water partition coefficient (Wildman–Crippen LogP) is 4.96. The lowest BCUT2D eigenvalue weighted by Gasteiger charge is -2.06. The van der Waals surface area contributed by atoms with Gasteiger partial charge in [0.05, 0.1) is 10.6 Å². The zero-order valence-electron chi connectivity index (χ0n) is 14.4. The highest BCUT2D eigenvalue weighted by atomic mass is 35.5. The van der Waals surface area contributed by atoms with Crippen molar-refractivity contribution in [3.8, 4) is 5.75 Å². The van der Waals surface area contributed by atoms with E-state index in [1.165, 1.54) is 24.4 Å². The third kappa shape index (κ3) is 4.52. The second-order valence-electron chi connectivity index (χ2n) is 5.74. The Kier molecular flexibility index (Phi) is 5.67. The van der Waals surface area contributed by atoms with E-state index < -0.39 is 10.7 Å². The van der Waals surface area contributed by atoms with Crippen LogP contribution in [0.25, 0.3) is 0 Å². The molecule has 0 heterocycles. The van der Waals surface area contributed by atoms with E-state index >= 15 is 0 Å². The number of aromatic hydroxyl groups is 1. The van der Waals surface area contributed by atoms with Crippen molar-refractivity contribution < 1.29 is 14.8 Å². The summed E-state index contributed by atoms with van der Waals surface area (Å²) < 4.78 is 0. The Bertz CT molecular complexity index is 1070. The maximum atomic E-state index is 12.2. The average Bonchev–Trinajstić information content (AvgIpc) is 2.68. The Morgan fingerprint density at radius 3 is 2.50 bits per heavy atom. The molecule has 0 aromatic heterocycles. The van der Waals surface area contributed by atoms with Gasteiger partial charge in [0.2, 0.25) is 5.75 Å². The van der Waals surface area contributed by atoms with Crippen LogP contribution in [0, 0.1) is 10.1 Å². The van der Waals surface area contributed by atoms with Gasteiger partial charge in [0, 0.05) is 34.1 Å². The minimum atomic E-state index is -0.663. The molecule has 8 heteroatoms. The smallest absolute Gasteiger partial charge is 0.311 e. The van der Waals surface area contributed by atoms with E-state index in [0.717, 1.165) is 0 Å². The number of hydrogen-bond acceptors (Lipinski definition) is 5. The number of benzene rings is 3. The summed E-state index contributed by atoms with van der Waals surface area (Å²) >= 11 is 5.89. The Balaban J connectivity index is 1.71. The van der Waals surface area contributed by atoms with Crippen molar-refractivity contribution in [1.82, 2.24) is 0 Å². The van der Waals surface area contributed by atoms with Gasteiger partial charge in [-0.3, -0.25) is 19.9 Å². The third-order valence-corrected chi connectivity index (χ3v) is 4.04. The van der Waals surface area contributed by atoms with Crippen molar-refractivity contribution in [3.63, 3.8) is 0 Å². The van der Waals surface area contributed by atoms with Crippen molar-refractivity contribution in [1.29, 1.82) is 0 Å². The number of nitro groups is 1. The van der Waals surface area contributed by atoms with Crippen LogP contribution in [0.5, 0.6) is 5.75 Å². The molecule has 2 N–H and O–H groups in total. The Labute approximate surface area is 165 Å². The van der Waals surface area contributed by atoms with Gasteiger partial charge in [-0.2, -0.15) is 0 Å². The highest BCUT2D eigenvalue weighted by Gasteiger charge is 2.15. The molecule has 0 fully saturated rings. The third-order valence-electron chi connectivity index (χ3n) is 3.81. The van der Waals surface area contributed by atoms with Crippen molar-refractivity contribution in [2.45, 2.75) is 0 Å². The summed E-state index contributed by atoms with van der Waals surface area (Å²) in [5, 5.41) is 24.0. The highest BCUT2D eigenvalue weighted by molar-refractivity contribution is 6.31. The van der Waals surface area contributed by atoms with Gasteiger partial charge in [-0.05, 0) is 48.5 Å². The number of nitro benzene ring substituents is 1. The number of aliphatic imine (C=N–C) groups is 1. The lowest BCUT2D eigenvalue weighted by Crippen LogP contribution is -2.11. The summed E-state index contributed by atoms with van der Waals surface area (Å²) in [5.41, 5.74) is 1.40. The number of nitrogens with one attached hydrogen (secondary N) is 1. The summed E-state index contributed by atoms with van der Waals surface area (Å²) in [6.45, 7) is 0. The van der Waals surface area contributed by atoms with E-state index in [-0.39, 0.29) is 17.2 Å². The molecular formula is C20H14ClN3O4. The van der Waals surface area contributed by atoms with E-state index in [0.29, 0.717) is 22.0 Å². The zero-order chi connectivity index (χ0) is 20.1. The molecule has 3 aromatic carbocycles. The first kappa shape index (κ1) is 19.1. The van der Waals surface area contributed by atoms with Crippen molar-refractivity contribution >= 4 is 40.8 Å². The summed E-state index contributed by atoms with van der Waals surface area (Å²) in [4.78, 5) is 26.6. The fraction of sp³-hybridized carbons (Fsp3) is 0. The van der Waals surface area contributed by atoms with Gasteiger partial charge in [0.1, 0.15) is 0 Å². The number of para-hydroxylation sites is 1. The molecule has 0 unspecified atom stereocenters. The van der Waals surface area contributed by atoms with Gasteiger partial charge in [-0.15, -0.1) is 0 Å². The van der Waals surface area contributed by atoms with Crippen LogP contribution in [0.15, 0.2) is 71.7 Å². The minimum absolute atomic E-state index is 0.229. The number of anilines is 1. The molecule has 0 spiro atoms. The van der Waals surface area contributed by atoms with Gasteiger partial charge in [0.15, 0.2) is 0 Å². The van der Waals surface area contributed by atoms with Crippen LogP contribution < -0.4 is 5.32 Å². The van der Waals surface area contributed by atoms with Crippen molar-refractivity contribution in [3.05, 3.63) is 93.0 Å². The molecule has 0 saturated carbocycles. The van der Waals surface area contributed by atoms with Gasteiger partial charge in [0.25, 0.3) is 5.91 Å². The maximum Gasteiger partial charge on any atom is 0.311 e. The molecule has 0 saturated heterocycles. The zero-order valence-corrected chi connectivity index (χ0v) is 15.1. The van der Waals surface area contributed by atoms with Crippen LogP contribution in [0.1, 0.15) is 15.9 Å². The van der Waals surface area contributed by atoms with Crippen molar-refractivity contribution in [2.75, 3.05) is 5.32 Å². The van der Waals surface area contributed by atoms with E-state index in [1.807, 2.05) is 0 Å². The number of phenols is 1. The van der Waals surface area contributed by atoms with Gasteiger partial charge in [-0.1, -0.05) is 23.7 Å². The molecule has 0 bridgehead atoms. The standard InChI is InChI=1S/C20H14ClN3O4/c21-15-5-1-3-13(11-15)20(26)23-17-9-7-16(8-10-17)22-12-14-4-2-6-18(19(14)25)24(27)28/h1-12,25H,(H,23,26). The molecule has 140 valence electrons. The van der Waals surface area contributed by atoms with Crippen LogP contribution in [-0.2, 0) is 0 Å². The Morgan fingerprint density at radius 2 is 1.82 bits per heavy atom. The highest BCUT2D eigenvalue weighted by Crippen LogP contribution is 2.28. The lowest BCUT2D eigenvalue weighted by molar-refractivity contribution is -0.385. The average molecular weight is 396 g/mol. The van der Waals surface area contributed by atoms with Crippen LogP contribution in [0.4, 0.5) is 17.1 Å². The molecule has 3 rings (SSSR count). The topological polar surface area (TPSA) is 105 Å². The molecule has 3 aromatic rings. The molecule has 1 amide bonds. The van der Waals surface area contributed by atoms with Gasteiger partial charge < -0.3 is 10.4 Å². The molecule has 0 aliphatic carbocycles. The van der Waals surface area contributed by atoms with E-state index in [9.17, 15) is 20.0 Å². The summed E-state index contributed by atoms with van der Waals surface area (Å²) in [5.74, 6) is -0.734. The number of carbonyl (C=O) groups is 1. The number of amides is 1. The number of hydrogen-bond donors (Lipinski definition) is 2. The first-order valence-electron chi connectivity index (χ1n) is 8.11. The summed E-state index contributed by atoms with van der Waals surface area (Å²) in [6, 6.07) is 17.5. The van der Waals surface area contributed by atoms with E-state index in [4.69, 9.17) is 11.6 Å². The second kappa shape index (κ2) is 8.32. The van der Waals surface area contributed by atoms with Crippen molar-refractivity contribution in [2.24, 2.45) is 4.99 Å².